The van der Waals surface area contributed by atoms with Crippen LogP contribution in [0.5, 0.6) is 0 Å². The molecule has 94 valence electrons. The number of aryl methyl sites for hydroxylation is 1. The Morgan fingerprint density at radius 2 is 2.22 bits per heavy atom. The molecule has 0 amide bonds. The maximum atomic E-state index is 12.2. The lowest BCUT2D eigenvalue weighted by molar-refractivity contribution is -0.146. The normalized spacial score (nSPS) is 30.4. The molecule has 1 heterocycles. The molecule has 2 aliphatic rings. The smallest absolute Gasteiger partial charge is 0.313 e. The van der Waals surface area contributed by atoms with Gasteiger partial charge in [-0.15, -0.1) is 0 Å². The van der Waals surface area contributed by atoms with Gasteiger partial charge >= 0.3 is 5.97 Å². The van der Waals surface area contributed by atoms with Gasteiger partial charge in [0, 0.05) is 5.92 Å². The molecule has 2 heteroatoms. The maximum absolute atomic E-state index is 12.2. The molecule has 0 spiro atoms. The first-order chi connectivity index (χ1) is 8.62. The van der Waals surface area contributed by atoms with E-state index in [2.05, 4.69) is 25.6 Å². The second-order valence-electron chi connectivity index (χ2n) is 5.69. The number of carbonyl (C=O) groups excluding carboxylic acids is 1. The number of hydrogen-bond donors (Lipinski definition) is 0. The van der Waals surface area contributed by atoms with E-state index in [-0.39, 0.29) is 11.4 Å². The Bertz CT molecular complexity index is 518. The monoisotopic (exact) mass is 242 g/mol. The fourth-order valence-electron chi connectivity index (χ4n) is 3.41. The van der Waals surface area contributed by atoms with Crippen molar-refractivity contribution in [2.75, 3.05) is 6.61 Å². The molecule has 0 N–H and O–H groups in total. The fourth-order valence-corrected chi connectivity index (χ4v) is 3.41. The summed E-state index contributed by atoms with van der Waals surface area (Å²) in [5.41, 5.74) is 3.38. The van der Waals surface area contributed by atoms with Gasteiger partial charge in [-0.1, -0.05) is 36.4 Å². The molecule has 0 aromatic heterocycles. The third kappa shape index (κ3) is 1.59. The molecule has 2 nitrogen and oxygen atoms in total. The summed E-state index contributed by atoms with van der Waals surface area (Å²) in [7, 11) is 0. The molecule has 1 aliphatic carbocycles. The van der Waals surface area contributed by atoms with Gasteiger partial charge in [0.25, 0.3) is 0 Å². The van der Waals surface area contributed by atoms with Gasteiger partial charge in [0.2, 0.25) is 0 Å². The van der Waals surface area contributed by atoms with Gasteiger partial charge in [-0.3, -0.25) is 4.79 Å². The largest absolute Gasteiger partial charge is 0.465 e. The Hall–Kier alpha value is -1.57. The topological polar surface area (TPSA) is 26.3 Å². The van der Waals surface area contributed by atoms with Gasteiger partial charge in [0.15, 0.2) is 0 Å². The Morgan fingerprint density at radius 1 is 1.44 bits per heavy atom. The van der Waals surface area contributed by atoms with Crippen LogP contribution in [0.3, 0.4) is 0 Å². The van der Waals surface area contributed by atoms with E-state index >= 15 is 0 Å². The molecule has 1 saturated heterocycles. The van der Waals surface area contributed by atoms with Gasteiger partial charge in [-0.2, -0.15) is 0 Å². The van der Waals surface area contributed by atoms with E-state index in [9.17, 15) is 4.79 Å². The molecule has 1 saturated carbocycles. The summed E-state index contributed by atoms with van der Waals surface area (Å²) in [4.78, 5) is 12.2. The van der Waals surface area contributed by atoms with Crippen molar-refractivity contribution in [1.82, 2.24) is 0 Å². The molecule has 0 bridgehead atoms. The first-order valence-corrected chi connectivity index (χ1v) is 6.50. The van der Waals surface area contributed by atoms with Crippen molar-refractivity contribution in [3.05, 3.63) is 47.5 Å². The first-order valence-electron chi connectivity index (χ1n) is 6.50. The van der Waals surface area contributed by atoms with Gasteiger partial charge in [-0.05, 0) is 37.3 Å². The second-order valence-corrected chi connectivity index (χ2v) is 5.69. The average molecular weight is 242 g/mol. The van der Waals surface area contributed by atoms with E-state index in [1.165, 1.54) is 16.7 Å². The molecule has 1 aromatic carbocycles. The Balaban J connectivity index is 1.97. The van der Waals surface area contributed by atoms with Crippen molar-refractivity contribution in [1.29, 1.82) is 0 Å². The number of hydrogen-bond acceptors (Lipinski definition) is 2. The highest BCUT2D eigenvalue weighted by Gasteiger charge is 2.55. The van der Waals surface area contributed by atoms with Crippen LogP contribution in [0.1, 0.15) is 24.0 Å². The van der Waals surface area contributed by atoms with Crippen molar-refractivity contribution in [2.24, 2.45) is 11.3 Å². The summed E-state index contributed by atoms with van der Waals surface area (Å²) in [5.74, 6) is 0.312. The highest BCUT2D eigenvalue weighted by Crippen LogP contribution is 2.52. The van der Waals surface area contributed by atoms with Gasteiger partial charge in [-0.25, -0.2) is 0 Å². The lowest BCUT2D eigenvalue weighted by atomic mass is 9.74. The zero-order chi connectivity index (χ0) is 12.8. The Kier molecular flexibility index (Phi) is 2.54. The summed E-state index contributed by atoms with van der Waals surface area (Å²) < 4.78 is 5.30. The van der Waals surface area contributed by atoms with E-state index < -0.39 is 0 Å². The number of carbonyl (C=O) groups is 1. The van der Waals surface area contributed by atoms with Crippen LogP contribution in [0, 0.1) is 18.3 Å². The van der Waals surface area contributed by atoms with Crippen molar-refractivity contribution >= 4 is 5.97 Å². The predicted molar refractivity (Wildman–Crippen MR) is 70.1 cm³/mol. The van der Waals surface area contributed by atoms with Crippen molar-refractivity contribution in [3.63, 3.8) is 0 Å². The van der Waals surface area contributed by atoms with E-state index in [0.29, 0.717) is 12.5 Å². The Morgan fingerprint density at radius 3 is 3.00 bits per heavy atom. The standard InChI is InChI=1S/C16H18O2/c1-11-7-14-10-18-15(17)16(14,8-11)9-13-6-4-3-5-12(13)2/h3-6,14H,1,7-10H2,2H3. The first kappa shape index (κ1) is 11.5. The number of cyclic esters (lactones) is 1. The molecule has 1 aliphatic heterocycles. The van der Waals surface area contributed by atoms with E-state index in [4.69, 9.17) is 4.74 Å². The van der Waals surface area contributed by atoms with Crippen molar-refractivity contribution in [3.8, 4) is 0 Å². The zero-order valence-corrected chi connectivity index (χ0v) is 10.7. The number of benzene rings is 1. The highest BCUT2D eigenvalue weighted by molar-refractivity contribution is 5.81. The zero-order valence-electron chi connectivity index (χ0n) is 10.7. The average Bonchev–Trinajstić information content (AvgIpc) is 2.79. The van der Waals surface area contributed by atoms with Crippen LogP contribution in [-0.4, -0.2) is 12.6 Å². The Labute approximate surface area is 108 Å². The molecule has 3 rings (SSSR count). The van der Waals surface area contributed by atoms with Crippen LogP contribution in [-0.2, 0) is 16.0 Å². The summed E-state index contributed by atoms with van der Waals surface area (Å²) >= 11 is 0. The van der Waals surface area contributed by atoms with Crippen molar-refractivity contribution in [2.45, 2.75) is 26.2 Å². The minimum absolute atomic E-state index is 0.0191. The highest BCUT2D eigenvalue weighted by atomic mass is 16.5. The molecule has 2 unspecified atom stereocenters. The number of esters is 1. The van der Waals surface area contributed by atoms with E-state index in [0.717, 1.165) is 19.3 Å². The lowest BCUT2D eigenvalue weighted by Crippen LogP contribution is -2.31. The summed E-state index contributed by atoms with van der Waals surface area (Å²) in [6, 6.07) is 8.30. The van der Waals surface area contributed by atoms with E-state index in [1.807, 2.05) is 12.1 Å². The molecular formula is C16H18O2. The van der Waals surface area contributed by atoms with Crippen molar-refractivity contribution < 1.29 is 9.53 Å². The molecule has 2 atom stereocenters. The predicted octanol–water partition coefficient (Wildman–Crippen LogP) is 3.05. The maximum Gasteiger partial charge on any atom is 0.313 e. The molecule has 18 heavy (non-hydrogen) atoms. The van der Waals surface area contributed by atoms with Crippen LogP contribution in [0.4, 0.5) is 0 Å². The third-order valence-electron chi connectivity index (χ3n) is 4.47. The molecule has 0 radical (unpaired) electrons. The number of allylic oxidation sites excluding steroid dienone is 1. The van der Waals surface area contributed by atoms with Crippen LogP contribution in [0.15, 0.2) is 36.4 Å². The minimum atomic E-state index is -0.330. The van der Waals surface area contributed by atoms with E-state index in [1.54, 1.807) is 0 Å². The number of fused-ring (bicyclic) bond motifs is 1. The number of rotatable bonds is 2. The SMILES string of the molecule is C=C1CC2COC(=O)C2(Cc2ccccc2C)C1. The van der Waals surface area contributed by atoms with Gasteiger partial charge < -0.3 is 4.74 Å². The van der Waals surface area contributed by atoms with Crippen LogP contribution in [0.25, 0.3) is 0 Å². The van der Waals surface area contributed by atoms with Gasteiger partial charge in [0.1, 0.15) is 0 Å². The summed E-state index contributed by atoms with van der Waals surface area (Å²) in [5, 5.41) is 0. The molecule has 2 fully saturated rings. The molecule has 1 aromatic rings. The quantitative estimate of drug-likeness (QED) is 0.588. The van der Waals surface area contributed by atoms with Gasteiger partial charge in [0.05, 0.1) is 12.0 Å². The minimum Gasteiger partial charge on any atom is -0.465 e. The summed E-state index contributed by atoms with van der Waals surface area (Å²) in [6.07, 6.45) is 2.53. The third-order valence-corrected chi connectivity index (χ3v) is 4.47. The van der Waals surface area contributed by atoms with Crippen LogP contribution in [0.2, 0.25) is 0 Å². The fraction of sp³-hybridized carbons (Fsp3) is 0.438. The summed E-state index contributed by atoms with van der Waals surface area (Å²) in [6.45, 7) is 6.75. The van der Waals surface area contributed by atoms with Crippen LogP contribution < -0.4 is 0 Å². The lowest BCUT2D eigenvalue weighted by Gasteiger charge is -2.24. The molecular weight excluding hydrogens is 224 g/mol. The number of ether oxygens (including phenoxy) is 1. The van der Waals surface area contributed by atoms with Crippen LogP contribution >= 0.6 is 0 Å². The second kappa shape index (κ2) is 3.98.